The highest BCUT2D eigenvalue weighted by molar-refractivity contribution is 5.77. The first kappa shape index (κ1) is 16.1. The zero-order chi connectivity index (χ0) is 15.6. The van der Waals surface area contributed by atoms with E-state index in [1.165, 1.54) is 6.42 Å². The summed E-state index contributed by atoms with van der Waals surface area (Å²) in [5.41, 5.74) is 0. The van der Waals surface area contributed by atoms with Crippen LogP contribution >= 0.6 is 0 Å². The molecule has 5 nitrogen and oxygen atoms in total. The lowest BCUT2D eigenvalue weighted by Gasteiger charge is -2.27. The minimum atomic E-state index is -0.784. The summed E-state index contributed by atoms with van der Waals surface area (Å²) in [6, 6.07) is 0.0370. The molecule has 1 N–H and O–H groups in total. The van der Waals surface area contributed by atoms with Gasteiger partial charge in [-0.3, -0.25) is 4.79 Å². The Labute approximate surface area is 127 Å². The molecular formula is C16H28N2O3. The first-order chi connectivity index (χ1) is 9.90. The molecule has 2 fully saturated rings. The van der Waals surface area contributed by atoms with Crippen molar-refractivity contribution in [3.8, 4) is 0 Å². The lowest BCUT2D eigenvalue weighted by Crippen LogP contribution is -2.43. The first-order valence-corrected chi connectivity index (χ1v) is 8.16. The second kappa shape index (κ2) is 6.67. The summed E-state index contributed by atoms with van der Waals surface area (Å²) in [4.78, 5) is 27.4. The molecule has 21 heavy (non-hydrogen) atoms. The van der Waals surface area contributed by atoms with Gasteiger partial charge in [-0.05, 0) is 37.0 Å². The third-order valence-corrected chi connectivity index (χ3v) is 5.19. The molecular weight excluding hydrogens is 268 g/mol. The quantitative estimate of drug-likeness (QED) is 0.851. The third kappa shape index (κ3) is 3.69. The van der Waals surface area contributed by atoms with E-state index in [0.717, 1.165) is 25.9 Å². The topological polar surface area (TPSA) is 60.9 Å². The van der Waals surface area contributed by atoms with Gasteiger partial charge in [-0.2, -0.15) is 0 Å². The van der Waals surface area contributed by atoms with Gasteiger partial charge < -0.3 is 14.9 Å². The number of rotatable bonds is 2. The normalized spacial score (nSPS) is 30.6. The number of amides is 2. The molecule has 2 rings (SSSR count). The van der Waals surface area contributed by atoms with Crippen LogP contribution in [-0.2, 0) is 4.79 Å². The van der Waals surface area contributed by atoms with Gasteiger partial charge in [0.25, 0.3) is 0 Å². The van der Waals surface area contributed by atoms with Gasteiger partial charge in [-0.25, -0.2) is 4.79 Å². The summed E-state index contributed by atoms with van der Waals surface area (Å²) in [5, 5.41) is 9.18. The smallest absolute Gasteiger partial charge is 0.320 e. The van der Waals surface area contributed by atoms with Gasteiger partial charge in [0.2, 0.25) is 0 Å². The van der Waals surface area contributed by atoms with Gasteiger partial charge in [0.1, 0.15) is 0 Å². The molecule has 0 aliphatic carbocycles. The molecule has 0 radical (unpaired) electrons. The number of nitrogens with zero attached hydrogens (tertiary/aromatic N) is 2. The van der Waals surface area contributed by atoms with Crippen LogP contribution in [0, 0.1) is 23.7 Å². The SMILES string of the molecule is CC(C)C1CCCN(C(=O)N2C[C@@H](C)[C@H](C(=O)O)C2)CC1. The molecule has 0 saturated carbocycles. The monoisotopic (exact) mass is 296 g/mol. The molecule has 2 aliphatic heterocycles. The maximum atomic E-state index is 12.6. The van der Waals surface area contributed by atoms with Crippen LogP contribution in [0.3, 0.4) is 0 Å². The molecule has 0 aromatic heterocycles. The highest BCUT2D eigenvalue weighted by Gasteiger charge is 2.38. The number of carbonyl (C=O) groups is 2. The molecule has 2 saturated heterocycles. The fraction of sp³-hybridized carbons (Fsp3) is 0.875. The van der Waals surface area contributed by atoms with Crippen LogP contribution in [0.1, 0.15) is 40.0 Å². The van der Waals surface area contributed by atoms with Gasteiger partial charge in [-0.1, -0.05) is 20.8 Å². The summed E-state index contributed by atoms with van der Waals surface area (Å²) >= 11 is 0. The van der Waals surface area contributed by atoms with Crippen LogP contribution in [0.15, 0.2) is 0 Å². The number of likely N-dealkylation sites (tertiary alicyclic amines) is 2. The number of aliphatic carboxylic acids is 1. The Hall–Kier alpha value is -1.26. The molecule has 2 heterocycles. The lowest BCUT2D eigenvalue weighted by molar-refractivity contribution is -0.142. The Morgan fingerprint density at radius 1 is 1.10 bits per heavy atom. The van der Waals surface area contributed by atoms with E-state index in [2.05, 4.69) is 13.8 Å². The maximum Gasteiger partial charge on any atom is 0.320 e. The van der Waals surface area contributed by atoms with Crippen molar-refractivity contribution in [2.75, 3.05) is 26.2 Å². The summed E-state index contributed by atoms with van der Waals surface area (Å²) < 4.78 is 0. The largest absolute Gasteiger partial charge is 0.481 e. The predicted octanol–water partition coefficient (Wildman–Crippen LogP) is 2.52. The first-order valence-electron chi connectivity index (χ1n) is 8.16. The van der Waals surface area contributed by atoms with Crippen molar-refractivity contribution in [2.24, 2.45) is 23.7 Å². The average Bonchev–Trinajstić information content (AvgIpc) is 2.66. The predicted molar refractivity (Wildman–Crippen MR) is 81.0 cm³/mol. The highest BCUT2D eigenvalue weighted by atomic mass is 16.4. The molecule has 0 aromatic rings. The molecule has 3 atom stereocenters. The minimum absolute atomic E-state index is 0.0370. The molecule has 5 heteroatoms. The number of urea groups is 1. The van der Waals surface area contributed by atoms with E-state index >= 15 is 0 Å². The van der Waals surface area contributed by atoms with Crippen molar-refractivity contribution >= 4 is 12.0 Å². The Balaban J connectivity index is 1.93. The number of hydrogen-bond donors (Lipinski definition) is 1. The minimum Gasteiger partial charge on any atom is -0.481 e. The molecule has 2 aliphatic rings. The van der Waals surface area contributed by atoms with Crippen LogP contribution in [0.4, 0.5) is 4.79 Å². The van der Waals surface area contributed by atoms with Crippen LogP contribution in [-0.4, -0.2) is 53.1 Å². The van der Waals surface area contributed by atoms with E-state index < -0.39 is 11.9 Å². The fourth-order valence-electron chi connectivity index (χ4n) is 3.62. The Morgan fingerprint density at radius 3 is 2.38 bits per heavy atom. The van der Waals surface area contributed by atoms with E-state index in [9.17, 15) is 14.7 Å². The Bertz CT molecular complexity index is 397. The second-order valence-electron chi connectivity index (χ2n) is 7.03. The van der Waals surface area contributed by atoms with Gasteiger partial charge in [-0.15, -0.1) is 0 Å². The Morgan fingerprint density at radius 2 is 1.81 bits per heavy atom. The van der Waals surface area contributed by atoms with Crippen molar-refractivity contribution in [1.29, 1.82) is 0 Å². The van der Waals surface area contributed by atoms with Gasteiger partial charge >= 0.3 is 12.0 Å². The van der Waals surface area contributed by atoms with Crippen LogP contribution in [0.25, 0.3) is 0 Å². The maximum absolute atomic E-state index is 12.6. The van der Waals surface area contributed by atoms with Gasteiger partial charge in [0, 0.05) is 26.2 Å². The number of carbonyl (C=O) groups excluding carboxylic acids is 1. The number of carboxylic acid groups (broad SMARTS) is 1. The lowest BCUT2D eigenvalue weighted by atomic mass is 9.89. The molecule has 0 bridgehead atoms. The number of carboxylic acids is 1. The summed E-state index contributed by atoms with van der Waals surface area (Å²) in [5.74, 6) is 0.218. The average molecular weight is 296 g/mol. The van der Waals surface area contributed by atoms with E-state index in [4.69, 9.17) is 0 Å². The van der Waals surface area contributed by atoms with E-state index in [1.54, 1.807) is 4.90 Å². The summed E-state index contributed by atoms with van der Waals surface area (Å²) in [7, 11) is 0. The van der Waals surface area contributed by atoms with Crippen molar-refractivity contribution in [2.45, 2.75) is 40.0 Å². The van der Waals surface area contributed by atoms with Crippen LogP contribution < -0.4 is 0 Å². The zero-order valence-electron chi connectivity index (χ0n) is 13.4. The van der Waals surface area contributed by atoms with Crippen LogP contribution in [0.2, 0.25) is 0 Å². The summed E-state index contributed by atoms with van der Waals surface area (Å²) in [6.07, 6.45) is 3.31. The summed E-state index contributed by atoms with van der Waals surface area (Å²) in [6.45, 7) is 8.97. The van der Waals surface area contributed by atoms with E-state index in [1.807, 2.05) is 11.8 Å². The highest BCUT2D eigenvalue weighted by Crippen LogP contribution is 2.27. The van der Waals surface area contributed by atoms with E-state index in [-0.39, 0.29) is 11.9 Å². The number of hydrogen-bond acceptors (Lipinski definition) is 2. The van der Waals surface area contributed by atoms with Gasteiger partial charge in [0.15, 0.2) is 0 Å². The zero-order valence-corrected chi connectivity index (χ0v) is 13.4. The van der Waals surface area contributed by atoms with Gasteiger partial charge in [0.05, 0.1) is 5.92 Å². The molecule has 0 spiro atoms. The van der Waals surface area contributed by atoms with Crippen molar-refractivity contribution in [3.05, 3.63) is 0 Å². The third-order valence-electron chi connectivity index (χ3n) is 5.19. The molecule has 120 valence electrons. The second-order valence-corrected chi connectivity index (χ2v) is 7.03. The molecule has 1 unspecified atom stereocenters. The van der Waals surface area contributed by atoms with Crippen LogP contribution in [0.5, 0.6) is 0 Å². The standard InChI is InChI=1S/C16H28N2O3/c1-11(2)13-5-4-7-17(8-6-13)16(21)18-9-12(3)14(10-18)15(19)20/h11-14H,4-10H2,1-3H3,(H,19,20)/t12-,13?,14-/m1/s1. The van der Waals surface area contributed by atoms with E-state index in [0.29, 0.717) is 24.9 Å². The van der Waals surface area contributed by atoms with Crippen molar-refractivity contribution in [3.63, 3.8) is 0 Å². The Kier molecular flexibility index (Phi) is 5.12. The molecule has 0 aromatic carbocycles. The molecule has 2 amide bonds. The van der Waals surface area contributed by atoms with Crippen molar-refractivity contribution in [1.82, 2.24) is 9.80 Å². The fourth-order valence-corrected chi connectivity index (χ4v) is 3.62. The van der Waals surface area contributed by atoms with Crippen molar-refractivity contribution < 1.29 is 14.7 Å².